The van der Waals surface area contributed by atoms with E-state index in [1.54, 1.807) is 121 Å². The Balaban J connectivity index is 0.000000146. The largest absolute Gasteiger partial charge is 0.494 e. The summed E-state index contributed by atoms with van der Waals surface area (Å²) in [6.45, 7) is 14.2. The third-order valence-corrected chi connectivity index (χ3v) is 16.3. The number of benzene rings is 11. The summed E-state index contributed by atoms with van der Waals surface area (Å²) in [6.07, 6.45) is 0. The van der Waals surface area contributed by atoms with Crippen molar-refractivity contribution in [3.05, 3.63) is 337 Å². The number of amides is 5. The number of hydrogen-bond acceptors (Lipinski definition) is 25. The fraction of sp³-hybridized carbons (Fsp3) is 0.120. The molecular formula is C92H83N15O15. The van der Waals surface area contributed by atoms with E-state index < -0.39 is 0 Å². The van der Waals surface area contributed by atoms with E-state index in [0.29, 0.717) is 119 Å². The summed E-state index contributed by atoms with van der Waals surface area (Å²) in [4.78, 5) is 82.0. The quantitative estimate of drug-likeness (QED) is 0.0355. The lowest BCUT2D eigenvalue weighted by Crippen LogP contribution is -2.13. The molecule has 0 saturated carbocycles. The summed E-state index contributed by atoms with van der Waals surface area (Å²) in [5.41, 5.74) is 7.58. The Kier molecular flexibility index (Phi) is 32.3. The highest BCUT2D eigenvalue weighted by atomic mass is 16.5. The second kappa shape index (κ2) is 45.7. The normalized spacial score (nSPS) is 10.2. The van der Waals surface area contributed by atoms with E-state index in [1.807, 2.05) is 204 Å². The van der Waals surface area contributed by atoms with E-state index in [-0.39, 0.29) is 59.3 Å². The van der Waals surface area contributed by atoms with Gasteiger partial charge in [0.1, 0.15) is 28.7 Å². The second-order valence-corrected chi connectivity index (χ2v) is 25.2. The maximum atomic E-state index is 12.2. The fourth-order valence-electron chi connectivity index (χ4n) is 10.7. The Morgan fingerprint density at radius 2 is 0.410 bits per heavy atom. The molecule has 0 aliphatic heterocycles. The number of anilines is 5. The Morgan fingerprint density at radius 1 is 0.238 bits per heavy atom. The molecule has 0 aliphatic carbocycles. The van der Waals surface area contributed by atoms with Gasteiger partial charge >= 0.3 is 0 Å². The fourth-order valence-corrected chi connectivity index (χ4v) is 10.7. The maximum absolute atomic E-state index is 12.2. The standard InChI is InChI=1S/5C17H15N3O3.C7H8/c5*1-2-22-14-10-6-9-13(11-14)15(21)18-17-19-16(23-20-17)12-7-4-3-5-8-12;1-7-5-3-2-4-6-7/h5*3-11H,2H2,1H3,(H,18,20,21);2-6H,1H3. The van der Waals surface area contributed by atoms with Gasteiger partial charge in [0.05, 0.1) is 33.0 Å². The zero-order chi connectivity index (χ0) is 85.5. The lowest BCUT2D eigenvalue weighted by atomic mass is 10.2. The number of nitrogens with one attached hydrogen (secondary N) is 5. The van der Waals surface area contributed by atoms with Gasteiger partial charge in [0, 0.05) is 55.6 Å². The molecule has 0 bridgehead atoms. The summed E-state index contributed by atoms with van der Waals surface area (Å²) < 4.78 is 52.6. The first kappa shape index (κ1) is 86.3. The minimum atomic E-state index is -0.327. The summed E-state index contributed by atoms with van der Waals surface area (Å²) in [5.74, 6) is 3.91. The molecule has 122 heavy (non-hydrogen) atoms. The highest BCUT2D eigenvalue weighted by Gasteiger charge is 2.20. The van der Waals surface area contributed by atoms with Crippen molar-refractivity contribution >= 4 is 59.3 Å². The van der Waals surface area contributed by atoms with E-state index in [0.717, 1.165) is 27.8 Å². The molecule has 0 atom stereocenters. The van der Waals surface area contributed by atoms with Gasteiger partial charge in [0.15, 0.2) is 0 Å². The number of carbonyl (C=O) groups excluding carboxylic acids is 5. The third kappa shape index (κ3) is 26.8. The van der Waals surface area contributed by atoms with Crippen LogP contribution in [0.4, 0.5) is 29.7 Å². The average Bonchev–Trinajstić information content (AvgIpc) is 1.71. The molecule has 5 N–H and O–H groups in total. The molecule has 0 fully saturated rings. The molecule has 16 rings (SSSR count). The van der Waals surface area contributed by atoms with Gasteiger partial charge in [0.2, 0.25) is 0 Å². The van der Waals surface area contributed by atoms with Gasteiger partial charge < -0.3 is 46.3 Å². The van der Waals surface area contributed by atoms with Gasteiger partial charge in [-0.3, -0.25) is 50.6 Å². The SMILES string of the molecule is CCOc1cccc(C(=O)Nc2noc(-c3ccccc3)n2)c1.CCOc1cccc(C(=O)Nc2noc(-c3ccccc3)n2)c1.CCOc1cccc(C(=O)Nc2noc(-c3ccccc3)n2)c1.CCOc1cccc(C(=O)Nc2noc(-c3ccccc3)n2)c1.CCOc1cccc(C(=O)Nc2noc(-c3ccccc3)n2)c1.Cc1ccccc1. The van der Waals surface area contributed by atoms with Crippen molar-refractivity contribution < 1.29 is 70.3 Å². The van der Waals surface area contributed by atoms with Crippen LogP contribution in [0.1, 0.15) is 92.0 Å². The predicted molar refractivity (Wildman–Crippen MR) is 458 cm³/mol. The maximum Gasteiger partial charge on any atom is 0.270 e. The molecule has 0 aliphatic rings. The van der Waals surface area contributed by atoms with Crippen molar-refractivity contribution in [1.82, 2.24) is 50.7 Å². The first-order valence-corrected chi connectivity index (χ1v) is 38.4. The van der Waals surface area contributed by atoms with Crippen molar-refractivity contribution in [3.63, 3.8) is 0 Å². The molecule has 30 nitrogen and oxygen atoms in total. The number of carbonyl (C=O) groups is 5. The second-order valence-electron chi connectivity index (χ2n) is 25.2. The molecule has 30 heteroatoms. The molecule has 11 aromatic carbocycles. The summed E-state index contributed by atoms with van der Waals surface area (Å²) in [6, 6.07) is 91.5. The van der Waals surface area contributed by atoms with Gasteiger partial charge in [-0.15, -0.1) is 0 Å². The molecule has 0 radical (unpaired) electrons. The van der Waals surface area contributed by atoms with E-state index in [9.17, 15) is 24.0 Å². The number of aromatic nitrogens is 10. The van der Waals surface area contributed by atoms with Crippen LogP contribution in [-0.4, -0.2) is 113 Å². The average molecular weight is 1640 g/mol. The number of aryl methyl sites for hydroxylation is 1. The zero-order valence-corrected chi connectivity index (χ0v) is 67.0. The van der Waals surface area contributed by atoms with E-state index in [1.165, 1.54) is 5.56 Å². The van der Waals surface area contributed by atoms with Crippen LogP contribution < -0.4 is 50.3 Å². The Labute approximate surface area is 700 Å². The summed E-state index contributed by atoms with van der Waals surface area (Å²) in [7, 11) is 0. The number of nitrogens with zero attached hydrogens (tertiary/aromatic N) is 10. The van der Waals surface area contributed by atoms with Gasteiger partial charge in [0.25, 0.3) is 88.7 Å². The highest BCUT2D eigenvalue weighted by molar-refractivity contribution is 6.06. The van der Waals surface area contributed by atoms with Crippen LogP contribution in [0.25, 0.3) is 57.3 Å². The van der Waals surface area contributed by atoms with Crippen LogP contribution in [0.3, 0.4) is 0 Å². The third-order valence-electron chi connectivity index (χ3n) is 16.3. The van der Waals surface area contributed by atoms with Crippen molar-refractivity contribution in [2.24, 2.45) is 0 Å². The van der Waals surface area contributed by atoms with Crippen molar-refractivity contribution in [2.45, 2.75) is 41.5 Å². The van der Waals surface area contributed by atoms with Gasteiger partial charge in [-0.25, -0.2) is 0 Å². The van der Waals surface area contributed by atoms with Crippen LogP contribution in [-0.2, 0) is 0 Å². The van der Waals surface area contributed by atoms with Crippen LogP contribution in [0.5, 0.6) is 28.7 Å². The van der Waals surface area contributed by atoms with Crippen molar-refractivity contribution in [2.75, 3.05) is 59.6 Å². The molecular weight excluding hydrogens is 1560 g/mol. The first-order valence-electron chi connectivity index (χ1n) is 38.4. The van der Waals surface area contributed by atoms with Crippen LogP contribution in [0.15, 0.2) is 326 Å². The molecule has 0 spiro atoms. The number of rotatable bonds is 25. The molecule has 0 unspecified atom stereocenters. The van der Waals surface area contributed by atoms with Gasteiger partial charge in [-0.2, -0.15) is 24.9 Å². The molecule has 0 saturated heterocycles. The zero-order valence-electron chi connectivity index (χ0n) is 67.0. The predicted octanol–water partition coefficient (Wildman–Crippen LogP) is 18.9. The lowest BCUT2D eigenvalue weighted by molar-refractivity contribution is 0.101. The molecule has 5 heterocycles. The first-order chi connectivity index (χ1) is 59.7. The summed E-state index contributed by atoms with van der Waals surface area (Å²) >= 11 is 0. The monoisotopic (exact) mass is 1640 g/mol. The van der Waals surface area contributed by atoms with Crippen LogP contribution >= 0.6 is 0 Å². The van der Waals surface area contributed by atoms with E-state index in [4.69, 9.17) is 46.3 Å². The van der Waals surface area contributed by atoms with Crippen molar-refractivity contribution in [3.8, 4) is 86.0 Å². The van der Waals surface area contributed by atoms with Gasteiger partial charge in [-0.05, 0) is 219 Å². The summed E-state index contributed by atoms with van der Waals surface area (Å²) in [5, 5.41) is 31.9. The van der Waals surface area contributed by atoms with Gasteiger partial charge in [-0.1, -0.05) is 157 Å². The molecule has 5 amide bonds. The Bertz CT molecular complexity index is 5140. The van der Waals surface area contributed by atoms with E-state index >= 15 is 0 Å². The van der Waals surface area contributed by atoms with Crippen LogP contribution in [0, 0.1) is 6.92 Å². The topological polar surface area (TPSA) is 386 Å². The highest BCUT2D eigenvalue weighted by Crippen LogP contribution is 2.26. The number of ether oxygens (including phenoxy) is 5. The molecule has 16 aromatic rings. The Hall–Kier alpha value is -16.5. The smallest absolute Gasteiger partial charge is 0.270 e. The minimum Gasteiger partial charge on any atom is -0.494 e. The Morgan fingerprint density at radius 3 is 0.566 bits per heavy atom. The molecule has 5 aromatic heterocycles. The van der Waals surface area contributed by atoms with Crippen LogP contribution in [0.2, 0.25) is 0 Å². The lowest BCUT2D eigenvalue weighted by Gasteiger charge is -2.05. The number of hydrogen-bond donors (Lipinski definition) is 5. The molecule has 616 valence electrons. The minimum absolute atomic E-state index is 0.121. The van der Waals surface area contributed by atoms with E-state index in [2.05, 4.69) is 96.3 Å². The van der Waals surface area contributed by atoms with Crippen molar-refractivity contribution in [1.29, 1.82) is 0 Å².